The fourth-order valence-corrected chi connectivity index (χ4v) is 1.41. The maximum atomic E-state index is 11.7. The number of ether oxygens (including phenoxy) is 2. The summed E-state index contributed by atoms with van der Waals surface area (Å²) < 4.78 is 9.45. The molecule has 0 aliphatic carbocycles. The minimum Gasteiger partial charge on any atom is -0.444 e. The van der Waals surface area contributed by atoms with Crippen LogP contribution in [0.4, 0.5) is 4.79 Å². The van der Waals surface area contributed by atoms with Crippen molar-refractivity contribution in [1.82, 2.24) is 4.90 Å². The van der Waals surface area contributed by atoms with E-state index in [0.717, 1.165) is 11.9 Å². The number of carbonyl (C=O) groups excluding carboxylic acids is 2. The monoisotopic (exact) mass is 257 g/mol. The number of aldehydes is 1. The lowest BCUT2D eigenvalue weighted by Crippen LogP contribution is -2.41. The van der Waals surface area contributed by atoms with Gasteiger partial charge >= 0.3 is 6.09 Å². The van der Waals surface area contributed by atoms with Gasteiger partial charge in [-0.15, -0.1) is 0 Å². The lowest BCUT2D eigenvalue weighted by Gasteiger charge is -2.27. The Morgan fingerprint density at radius 1 is 1.44 bits per heavy atom. The van der Waals surface area contributed by atoms with Crippen LogP contribution in [0, 0.1) is 0 Å². The molecular formula is C13H23NO4. The summed E-state index contributed by atoms with van der Waals surface area (Å²) in [6.07, 6.45) is 2.19. The molecule has 1 heterocycles. The Balaban J connectivity index is 0.000000873. The molecule has 0 aromatic rings. The van der Waals surface area contributed by atoms with Gasteiger partial charge in [-0.25, -0.2) is 4.79 Å². The molecule has 5 nitrogen and oxygen atoms in total. The Morgan fingerprint density at radius 3 is 2.33 bits per heavy atom. The topological polar surface area (TPSA) is 55.8 Å². The van der Waals surface area contributed by atoms with E-state index in [1.165, 1.54) is 4.90 Å². The van der Waals surface area contributed by atoms with Gasteiger partial charge in [0.1, 0.15) is 17.9 Å². The van der Waals surface area contributed by atoms with Crippen molar-refractivity contribution in [1.29, 1.82) is 0 Å². The first-order valence-corrected chi connectivity index (χ1v) is 5.78. The standard InChI is InChI=1S/C11H17NO3.C2H6O/c1-8-5-6-12(9(8)7-13)10(14)15-11(2,3)4;1-3-2/h5,7,9H,6H2,1-4H3;1-2H3. The average Bonchev–Trinajstić information content (AvgIpc) is 2.58. The van der Waals surface area contributed by atoms with E-state index in [1.807, 2.05) is 13.0 Å². The molecule has 1 aliphatic rings. The molecule has 1 aliphatic heterocycles. The number of nitrogens with zero attached hydrogens (tertiary/aromatic N) is 1. The largest absolute Gasteiger partial charge is 0.444 e. The number of hydrogen-bond acceptors (Lipinski definition) is 4. The van der Waals surface area contributed by atoms with Crippen LogP contribution in [-0.2, 0) is 14.3 Å². The lowest BCUT2D eigenvalue weighted by molar-refractivity contribution is -0.110. The first kappa shape index (κ1) is 16.6. The van der Waals surface area contributed by atoms with E-state index in [9.17, 15) is 9.59 Å². The molecule has 5 heteroatoms. The van der Waals surface area contributed by atoms with E-state index in [2.05, 4.69) is 4.74 Å². The Bertz CT molecular complexity index is 317. The highest BCUT2D eigenvalue weighted by Gasteiger charge is 2.31. The van der Waals surface area contributed by atoms with Gasteiger partial charge in [0.05, 0.1) is 0 Å². The molecule has 1 unspecified atom stereocenters. The second-order valence-corrected chi connectivity index (χ2v) is 5.07. The van der Waals surface area contributed by atoms with E-state index < -0.39 is 17.7 Å². The van der Waals surface area contributed by atoms with Gasteiger partial charge < -0.3 is 14.3 Å². The third-order valence-electron chi connectivity index (χ3n) is 2.17. The molecule has 0 radical (unpaired) electrons. The maximum absolute atomic E-state index is 11.7. The molecular weight excluding hydrogens is 234 g/mol. The average molecular weight is 257 g/mol. The summed E-state index contributed by atoms with van der Waals surface area (Å²) >= 11 is 0. The summed E-state index contributed by atoms with van der Waals surface area (Å²) in [4.78, 5) is 23.9. The molecule has 1 atom stereocenters. The van der Waals surface area contributed by atoms with Crippen LogP contribution in [0.25, 0.3) is 0 Å². The summed E-state index contributed by atoms with van der Waals surface area (Å²) in [5, 5.41) is 0. The van der Waals surface area contributed by atoms with Gasteiger partial charge in [-0.3, -0.25) is 4.90 Å². The highest BCUT2D eigenvalue weighted by molar-refractivity contribution is 5.77. The van der Waals surface area contributed by atoms with Gasteiger partial charge in [-0.1, -0.05) is 6.08 Å². The fourth-order valence-electron chi connectivity index (χ4n) is 1.41. The van der Waals surface area contributed by atoms with Crippen molar-refractivity contribution in [3.8, 4) is 0 Å². The van der Waals surface area contributed by atoms with Gasteiger partial charge in [0.2, 0.25) is 0 Å². The first-order chi connectivity index (χ1) is 8.26. The highest BCUT2D eigenvalue weighted by atomic mass is 16.6. The molecule has 0 aromatic carbocycles. The van der Waals surface area contributed by atoms with Crippen LogP contribution in [-0.4, -0.2) is 49.7 Å². The number of amides is 1. The SMILES string of the molecule is CC1=CCN(C(=O)OC(C)(C)C)C1C=O.COC. The molecule has 0 N–H and O–H groups in total. The van der Waals surface area contributed by atoms with E-state index >= 15 is 0 Å². The predicted octanol–water partition coefficient (Wildman–Crippen LogP) is 2.01. The van der Waals surface area contributed by atoms with Crippen molar-refractivity contribution < 1.29 is 19.1 Å². The second kappa shape index (κ2) is 7.16. The molecule has 18 heavy (non-hydrogen) atoms. The summed E-state index contributed by atoms with van der Waals surface area (Å²) in [7, 11) is 3.25. The smallest absolute Gasteiger partial charge is 0.411 e. The molecule has 0 saturated heterocycles. The van der Waals surface area contributed by atoms with E-state index in [1.54, 1.807) is 35.0 Å². The summed E-state index contributed by atoms with van der Waals surface area (Å²) in [5.74, 6) is 0. The van der Waals surface area contributed by atoms with E-state index in [-0.39, 0.29) is 0 Å². The summed E-state index contributed by atoms with van der Waals surface area (Å²) in [6, 6.07) is -0.458. The molecule has 0 fully saturated rings. The van der Waals surface area contributed by atoms with E-state index in [0.29, 0.717) is 6.54 Å². The van der Waals surface area contributed by atoms with Crippen LogP contribution in [0.3, 0.4) is 0 Å². The van der Waals surface area contributed by atoms with Crippen LogP contribution in [0.5, 0.6) is 0 Å². The maximum Gasteiger partial charge on any atom is 0.411 e. The third-order valence-corrected chi connectivity index (χ3v) is 2.17. The number of carbonyl (C=O) groups is 2. The van der Waals surface area contributed by atoms with Crippen molar-refractivity contribution in [2.45, 2.75) is 39.3 Å². The van der Waals surface area contributed by atoms with Crippen molar-refractivity contribution in [3.05, 3.63) is 11.6 Å². The minimum atomic E-state index is -0.527. The highest BCUT2D eigenvalue weighted by Crippen LogP contribution is 2.19. The normalized spacial score (nSPS) is 18.7. The lowest BCUT2D eigenvalue weighted by atomic mass is 10.2. The predicted molar refractivity (Wildman–Crippen MR) is 69.5 cm³/mol. The van der Waals surface area contributed by atoms with Crippen LogP contribution in [0.2, 0.25) is 0 Å². The van der Waals surface area contributed by atoms with Crippen molar-refractivity contribution in [2.75, 3.05) is 20.8 Å². The van der Waals surface area contributed by atoms with Crippen molar-refractivity contribution >= 4 is 12.4 Å². The molecule has 0 aromatic heterocycles. The third kappa shape index (κ3) is 5.31. The van der Waals surface area contributed by atoms with Gasteiger partial charge in [-0.05, 0) is 33.3 Å². The first-order valence-electron chi connectivity index (χ1n) is 5.78. The number of rotatable bonds is 1. The quantitative estimate of drug-likeness (QED) is 0.532. The molecule has 1 rings (SSSR count). The van der Waals surface area contributed by atoms with Crippen LogP contribution in [0.1, 0.15) is 27.7 Å². The van der Waals surface area contributed by atoms with Crippen LogP contribution in [0.15, 0.2) is 11.6 Å². The number of hydrogen-bond donors (Lipinski definition) is 0. The van der Waals surface area contributed by atoms with Crippen LogP contribution < -0.4 is 0 Å². The summed E-state index contributed by atoms with van der Waals surface area (Å²) in [6.45, 7) is 7.69. The Labute approximate surface area is 109 Å². The zero-order valence-electron chi connectivity index (χ0n) is 12.0. The summed E-state index contributed by atoms with van der Waals surface area (Å²) in [5.41, 5.74) is 0.372. The zero-order chi connectivity index (χ0) is 14.3. The van der Waals surface area contributed by atoms with Crippen LogP contribution >= 0.6 is 0 Å². The van der Waals surface area contributed by atoms with Gasteiger partial charge in [0, 0.05) is 20.8 Å². The number of methoxy groups -OCH3 is 1. The Kier molecular flexibility index (Phi) is 6.62. The van der Waals surface area contributed by atoms with E-state index in [4.69, 9.17) is 4.74 Å². The Hall–Kier alpha value is -1.36. The molecule has 104 valence electrons. The van der Waals surface area contributed by atoms with Gasteiger partial charge in [-0.2, -0.15) is 0 Å². The van der Waals surface area contributed by atoms with Crippen molar-refractivity contribution in [3.63, 3.8) is 0 Å². The molecule has 0 spiro atoms. The fraction of sp³-hybridized carbons (Fsp3) is 0.692. The molecule has 0 saturated carbocycles. The van der Waals surface area contributed by atoms with Gasteiger partial charge in [0.15, 0.2) is 0 Å². The van der Waals surface area contributed by atoms with Gasteiger partial charge in [0.25, 0.3) is 0 Å². The molecule has 0 bridgehead atoms. The second-order valence-electron chi connectivity index (χ2n) is 5.07. The zero-order valence-corrected chi connectivity index (χ0v) is 12.0. The Morgan fingerprint density at radius 2 is 1.94 bits per heavy atom. The molecule has 1 amide bonds. The van der Waals surface area contributed by atoms with Crippen molar-refractivity contribution in [2.24, 2.45) is 0 Å². The minimum absolute atomic E-state index is 0.437.